The topological polar surface area (TPSA) is 90.0 Å². The first-order valence-electron chi connectivity index (χ1n) is 7.66. The van der Waals surface area contributed by atoms with E-state index < -0.39 is 22.5 Å². The maximum atomic E-state index is 12.5. The van der Waals surface area contributed by atoms with E-state index in [1.165, 1.54) is 45.3 Å². The molecule has 0 radical (unpaired) electrons. The number of carbonyl (C=O) groups is 2. The Hall–Kier alpha value is -2.71. The molecule has 0 aliphatic heterocycles. The number of hydrogen-bond acceptors (Lipinski definition) is 6. The highest BCUT2D eigenvalue weighted by atomic mass is 32.2. The number of hydrogen-bond donors (Lipinski definition) is 0. The van der Waals surface area contributed by atoms with Crippen LogP contribution in [0, 0.1) is 0 Å². The Morgan fingerprint density at radius 1 is 1.00 bits per heavy atom. The zero-order valence-corrected chi connectivity index (χ0v) is 15.4. The number of Topliss-reactive ketones (excluding diaryl/α,β-unsaturated/α-hetero) is 1. The minimum atomic E-state index is -3.89. The third-order valence-electron chi connectivity index (χ3n) is 3.61. The molecule has 0 atom stereocenters. The molecule has 138 valence electrons. The molecular formula is C18H19NO6S. The highest BCUT2D eigenvalue weighted by Crippen LogP contribution is 2.26. The van der Waals surface area contributed by atoms with Crippen LogP contribution < -0.4 is 9.47 Å². The highest BCUT2D eigenvalue weighted by molar-refractivity contribution is 7.89. The number of esters is 1. The molecule has 0 aliphatic rings. The van der Waals surface area contributed by atoms with Gasteiger partial charge in [0, 0.05) is 12.6 Å². The molecule has 8 heteroatoms. The quantitative estimate of drug-likeness (QED) is 0.417. The first-order chi connectivity index (χ1) is 12.3. The average molecular weight is 377 g/mol. The van der Waals surface area contributed by atoms with Crippen molar-refractivity contribution in [1.29, 1.82) is 0 Å². The first kappa shape index (κ1) is 19.6. The molecule has 0 saturated heterocycles. The zero-order valence-electron chi connectivity index (χ0n) is 14.6. The number of sulfonamides is 1. The SMILES string of the molecule is COc1ccccc1OC(=O)CN(C)S(=O)(=O)c1ccc(C(C)=O)cc1. The second-order valence-corrected chi connectivity index (χ2v) is 7.51. The molecule has 0 aromatic heterocycles. The lowest BCUT2D eigenvalue weighted by Gasteiger charge is -2.17. The van der Waals surface area contributed by atoms with Gasteiger partial charge < -0.3 is 9.47 Å². The van der Waals surface area contributed by atoms with Crippen LogP contribution in [0.1, 0.15) is 17.3 Å². The largest absolute Gasteiger partial charge is 0.493 e. The van der Waals surface area contributed by atoms with E-state index in [1.54, 1.807) is 24.3 Å². The number of likely N-dealkylation sites (N-methyl/N-ethyl adjacent to an activating group) is 1. The summed E-state index contributed by atoms with van der Waals surface area (Å²) in [5, 5.41) is 0. The van der Waals surface area contributed by atoms with Gasteiger partial charge in [-0.15, -0.1) is 0 Å². The van der Waals surface area contributed by atoms with Crippen molar-refractivity contribution in [2.45, 2.75) is 11.8 Å². The van der Waals surface area contributed by atoms with Gasteiger partial charge in [0.2, 0.25) is 10.0 Å². The molecule has 0 unspecified atom stereocenters. The molecule has 7 nitrogen and oxygen atoms in total. The Kier molecular flexibility index (Phi) is 6.12. The van der Waals surface area contributed by atoms with E-state index in [1.807, 2.05) is 0 Å². The lowest BCUT2D eigenvalue weighted by molar-refractivity contribution is -0.134. The lowest BCUT2D eigenvalue weighted by Crippen LogP contribution is -2.34. The monoisotopic (exact) mass is 377 g/mol. The van der Waals surface area contributed by atoms with Crippen LogP contribution in [-0.4, -0.2) is 45.2 Å². The Balaban J connectivity index is 2.11. The number of rotatable bonds is 7. The van der Waals surface area contributed by atoms with Crippen molar-refractivity contribution in [3.63, 3.8) is 0 Å². The normalized spacial score (nSPS) is 11.2. The van der Waals surface area contributed by atoms with Crippen LogP contribution in [0.4, 0.5) is 0 Å². The molecule has 0 fully saturated rings. The molecule has 0 spiro atoms. The summed E-state index contributed by atoms with van der Waals surface area (Å²) in [5.41, 5.74) is 0.405. The zero-order chi connectivity index (χ0) is 19.3. The minimum Gasteiger partial charge on any atom is -0.493 e. The number of ether oxygens (including phenoxy) is 2. The Morgan fingerprint density at radius 2 is 1.58 bits per heavy atom. The van der Waals surface area contributed by atoms with Crippen molar-refractivity contribution in [3.8, 4) is 11.5 Å². The Morgan fingerprint density at radius 3 is 2.12 bits per heavy atom. The maximum absolute atomic E-state index is 12.5. The van der Waals surface area contributed by atoms with Gasteiger partial charge in [0.15, 0.2) is 17.3 Å². The highest BCUT2D eigenvalue weighted by Gasteiger charge is 2.24. The van der Waals surface area contributed by atoms with E-state index in [4.69, 9.17) is 9.47 Å². The molecule has 2 aromatic carbocycles. The van der Waals surface area contributed by atoms with E-state index >= 15 is 0 Å². The van der Waals surface area contributed by atoms with Gasteiger partial charge in [-0.1, -0.05) is 24.3 Å². The summed E-state index contributed by atoms with van der Waals surface area (Å²) in [6.45, 7) is 0.915. The van der Waals surface area contributed by atoms with Gasteiger partial charge in [0.1, 0.15) is 6.54 Å². The molecule has 0 aliphatic carbocycles. The molecule has 2 rings (SSSR count). The number of carbonyl (C=O) groups excluding carboxylic acids is 2. The molecular weight excluding hydrogens is 358 g/mol. The first-order valence-corrected chi connectivity index (χ1v) is 9.10. The van der Waals surface area contributed by atoms with E-state index in [2.05, 4.69) is 0 Å². The summed E-state index contributed by atoms with van der Waals surface area (Å²) in [6.07, 6.45) is 0. The average Bonchev–Trinajstić information content (AvgIpc) is 2.62. The van der Waals surface area contributed by atoms with Crippen molar-refractivity contribution in [2.75, 3.05) is 20.7 Å². The number of benzene rings is 2. The maximum Gasteiger partial charge on any atom is 0.326 e. The van der Waals surface area contributed by atoms with Crippen LogP contribution in [0.5, 0.6) is 11.5 Å². The summed E-state index contributed by atoms with van der Waals surface area (Å²) >= 11 is 0. The van der Waals surface area contributed by atoms with E-state index in [9.17, 15) is 18.0 Å². The van der Waals surface area contributed by atoms with Crippen LogP contribution in [0.25, 0.3) is 0 Å². The fourth-order valence-corrected chi connectivity index (χ4v) is 3.28. The molecule has 0 amide bonds. The van der Waals surface area contributed by atoms with Crippen molar-refractivity contribution in [3.05, 3.63) is 54.1 Å². The lowest BCUT2D eigenvalue weighted by atomic mass is 10.2. The van der Waals surface area contributed by atoms with Crippen LogP contribution >= 0.6 is 0 Å². The van der Waals surface area contributed by atoms with Crippen LogP contribution in [0.15, 0.2) is 53.4 Å². The van der Waals surface area contributed by atoms with Crippen LogP contribution in [-0.2, 0) is 14.8 Å². The van der Waals surface area contributed by atoms with Gasteiger partial charge in [0.25, 0.3) is 0 Å². The molecule has 0 bridgehead atoms. The standard InChI is InChI=1S/C18H19NO6S/c1-13(20)14-8-10-15(11-9-14)26(22,23)19(2)12-18(21)25-17-7-5-4-6-16(17)24-3/h4-11H,12H2,1-3H3. The minimum absolute atomic E-state index is 0.0184. The van der Waals surface area contributed by atoms with Gasteiger partial charge in [0.05, 0.1) is 12.0 Å². The predicted octanol–water partition coefficient (Wildman–Crippen LogP) is 2.12. The number of ketones is 1. The fraction of sp³-hybridized carbons (Fsp3) is 0.222. The summed E-state index contributed by atoms with van der Waals surface area (Å²) in [4.78, 5) is 23.3. The summed E-state index contributed by atoms with van der Waals surface area (Å²) in [7, 11) is -1.18. The van der Waals surface area contributed by atoms with E-state index in [0.717, 1.165) is 4.31 Å². The summed E-state index contributed by atoms with van der Waals surface area (Å²) in [5.74, 6) is -0.341. The Labute approximate surface area is 152 Å². The van der Waals surface area contributed by atoms with Crippen LogP contribution in [0.3, 0.4) is 0 Å². The number of methoxy groups -OCH3 is 1. The fourth-order valence-electron chi connectivity index (χ4n) is 2.17. The summed E-state index contributed by atoms with van der Waals surface area (Å²) in [6, 6.07) is 12.1. The van der Waals surface area contributed by atoms with E-state index in [0.29, 0.717) is 11.3 Å². The van der Waals surface area contributed by atoms with Gasteiger partial charge >= 0.3 is 5.97 Å². The second kappa shape index (κ2) is 8.11. The van der Waals surface area contributed by atoms with Crippen molar-refractivity contribution >= 4 is 21.8 Å². The van der Waals surface area contributed by atoms with Crippen molar-refractivity contribution < 1.29 is 27.5 Å². The van der Waals surface area contributed by atoms with Gasteiger partial charge in [-0.25, -0.2) is 8.42 Å². The summed E-state index contributed by atoms with van der Waals surface area (Å²) < 4.78 is 36.2. The molecule has 0 heterocycles. The third-order valence-corrected chi connectivity index (χ3v) is 5.43. The molecule has 0 N–H and O–H groups in total. The predicted molar refractivity (Wildman–Crippen MR) is 94.9 cm³/mol. The van der Waals surface area contributed by atoms with Crippen LogP contribution in [0.2, 0.25) is 0 Å². The molecule has 26 heavy (non-hydrogen) atoms. The van der Waals surface area contributed by atoms with Gasteiger partial charge in [-0.3, -0.25) is 9.59 Å². The molecule has 0 saturated carbocycles. The van der Waals surface area contributed by atoms with E-state index in [-0.39, 0.29) is 16.4 Å². The Bertz CT molecular complexity index is 906. The smallest absolute Gasteiger partial charge is 0.326 e. The van der Waals surface area contributed by atoms with Gasteiger partial charge in [-0.05, 0) is 31.2 Å². The van der Waals surface area contributed by atoms with Crippen molar-refractivity contribution in [2.24, 2.45) is 0 Å². The van der Waals surface area contributed by atoms with Crippen molar-refractivity contribution in [1.82, 2.24) is 4.31 Å². The number of nitrogens with zero attached hydrogens (tertiary/aromatic N) is 1. The molecule has 2 aromatic rings. The van der Waals surface area contributed by atoms with Gasteiger partial charge in [-0.2, -0.15) is 4.31 Å². The second-order valence-electron chi connectivity index (χ2n) is 5.47. The number of para-hydroxylation sites is 2. The third kappa shape index (κ3) is 4.47.